The molecule has 2 atom stereocenters. The van der Waals surface area contributed by atoms with Gasteiger partial charge in [-0.3, -0.25) is 0 Å². The number of aliphatic hydroxyl groups is 1. The molecule has 3 N–H and O–H groups in total. The second-order valence-corrected chi connectivity index (χ2v) is 4.93. The van der Waals surface area contributed by atoms with Crippen molar-refractivity contribution >= 4 is 0 Å². The lowest BCUT2D eigenvalue weighted by molar-refractivity contribution is 0.0805. The molecule has 0 fully saturated rings. The van der Waals surface area contributed by atoms with Gasteiger partial charge in [0.25, 0.3) is 0 Å². The van der Waals surface area contributed by atoms with Crippen molar-refractivity contribution in [3.63, 3.8) is 0 Å². The van der Waals surface area contributed by atoms with E-state index < -0.39 is 0 Å². The Morgan fingerprint density at radius 3 is 2.47 bits per heavy atom. The lowest BCUT2D eigenvalue weighted by Crippen LogP contribution is -2.45. The normalized spacial score (nSPS) is 14.8. The zero-order valence-corrected chi connectivity index (χ0v) is 11.1. The standard InChI is InChI=1S/C14H23NO2/c1-9(2)14(15)13(8-16)17-12-7-10(3)5-6-11(12)4/h5-7,9,13-14,16H,8,15H2,1-4H3. The van der Waals surface area contributed by atoms with Crippen molar-refractivity contribution in [3.05, 3.63) is 29.3 Å². The van der Waals surface area contributed by atoms with Gasteiger partial charge in [0.05, 0.1) is 6.61 Å². The van der Waals surface area contributed by atoms with Gasteiger partial charge in [-0.05, 0) is 37.0 Å². The van der Waals surface area contributed by atoms with Gasteiger partial charge in [-0.25, -0.2) is 0 Å². The van der Waals surface area contributed by atoms with Crippen molar-refractivity contribution in [2.24, 2.45) is 11.7 Å². The second kappa shape index (κ2) is 6.03. The van der Waals surface area contributed by atoms with Crippen molar-refractivity contribution in [1.29, 1.82) is 0 Å². The Balaban J connectivity index is 2.83. The molecule has 0 amide bonds. The van der Waals surface area contributed by atoms with Gasteiger partial charge in [-0.2, -0.15) is 0 Å². The first-order valence-electron chi connectivity index (χ1n) is 6.06. The van der Waals surface area contributed by atoms with Crippen LogP contribution in [0.25, 0.3) is 0 Å². The summed E-state index contributed by atoms with van der Waals surface area (Å²) in [5.74, 6) is 1.08. The Labute approximate surface area is 104 Å². The summed E-state index contributed by atoms with van der Waals surface area (Å²) in [4.78, 5) is 0. The number of nitrogens with two attached hydrogens (primary N) is 1. The summed E-state index contributed by atoms with van der Waals surface area (Å²) in [5.41, 5.74) is 8.22. The van der Waals surface area contributed by atoms with Gasteiger partial charge in [0, 0.05) is 6.04 Å². The SMILES string of the molecule is Cc1ccc(C)c(OC(CO)C(N)C(C)C)c1. The van der Waals surface area contributed by atoms with Gasteiger partial charge in [0.2, 0.25) is 0 Å². The van der Waals surface area contributed by atoms with Crippen LogP contribution in [0.5, 0.6) is 5.75 Å². The Morgan fingerprint density at radius 1 is 1.29 bits per heavy atom. The van der Waals surface area contributed by atoms with Gasteiger partial charge in [0.15, 0.2) is 0 Å². The lowest BCUT2D eigenvalue weighted by atomic mass is 10.00. The van der Waals surface area contributed by atoms with Gasteiger partial charge in [-0.1, -0.05) is 26.0 Å². The zero-order valence-electron chi connectivity index (χ0n) is 11.1. The molecule has 0 radical (unpaired) electrons. The zero-order chi connectivity index (χ0) is 13.0. The maximum absolute atomic E-state index is 9.36. The van der Waals surface area contributed by atoms with E-state index in [1.54, 1.807) is 0 Å². The highest BCUT2D eigenvalue weighted by Gasteiger charge is 2.22. The molecule has 3 heteroatoms. The molecular formula is C14H23NO2. The van der Waals surface area contributed by atoms with Crippen LogP contribution in [-0.4, -0.2) is 23.9 Å². The van der Waals surface area contributed by atoms with Crippen molar-refractivity contribution in [3.8, 4) is 5.75 Å². The van der Waals surface area contributed by atoms with Crippen molar-refractivity contribution in [2.45, 2.75) is 39.8 Å². The maximum Gasteiger partial charge on any atom is 0.137 e. The average molecular weight is 237 g/mol. The van der Waals surface area contributed by atoms with E-state index in [2.05, 4.69) is 0 Å². The monoisotopic (exact) mass is 237 g/mol. The van der Waals surface area contributed by atoms with Crippen molar-refractivity contribution in [2.75, 3.05) is 6.61 Å². The number of hydrogen-bond acceptors (Lipinski definition) is 3. The molecule has 0 spiro atoms. The Hall–Kier alpha value is -1.06. The summed E-state index contributed by atoms with van der Waals surface area (Å²) in [6.07, 6.45) is -0.351. The van der Waals surface area contributed by atoms with E-state index >= 15 is 0 Å². The van der Waals surface area contributed by atoms with Gasteiger partial charge in [0.1, 0.15) is 11.9 Å². The summed E-state index contributed by atoms with van der Waals surface area (Å²) in [6.45, 7) is 8.00. The number of aliphatic hydroxyl groups excluding tert-OH is 1. The maximum atomic E-state index is 9.36. The fourth-order valence-corrected chi connectivity index (χ4v) is 1.66. The first-order chi connectivity index (χ1) is 7.95. The predicted octanol–water partition coefficient (Wildman–Crippen LogP) is 2.03. The first kappa shape index (κ1) is 14.0. The summed E-state index contributed by atoms with van der Waals surface area (Å²) in [7, 11) is 0. The Kier molecular flexibility index (Phi) is 4.97. The molecule has 0 heterocycles. The van der Waals surface area contributed by atoms with E-state index in [9.17, 15) is 5.11 Å². The molecule has 0 aliphatic heterocycles. The largest absolute Gasteiger partial charge is 0.486 e. The molecule has 0 aliphatic carbocycles. The Morgan fingerprint density at radius 2 is 1.94 bits per heavy atom. The van der Waals surface area contributed by atoms with E-state index in [0.29, 0.717) is 0 Å². The molecule has 3 nitrogen and oxygen atoms in total. The molecular weight excluding hydrogens is 214 g/mol. The number of ether oxygens (including phenoxy) is 1. The third kappa shape index (κ3) is 3.72. The summed E-state index contributed by atoms with van der Waals surface area (Å²) >= 11 is 0. The minimum atomic E-state index is -0.351. The van der Waals surface area contributed by atoms with E-state index in [-0.39, 0.29) is 24.7 Å². The van der Waals surface area contributed by atoms with E-state index in [1.165, 1.54) is 0 Å². The van der Waals surface area contributed by atoms with Crippen LogP contribution in [0.1, 0.15) is 25.0 Å². The third-order valence-corrected chi connectivity index (χ3v) is 3.00. The topological polar surface area (TPSA) is 55.5 Å². The van der Waals surface area contributed by atoms with Crippen molar-refractivity contribution in [1.82, 2.24) is 0 Å². The summed E-state index contributed by atoms with van der Waals surface area (Å²) in [5, 5.41) is 9.36. The molecule has 0 saturated carbocycles. The smallest absolute Gasteiger partial charge is 0.137 e. The van der Waals surface area contributed by atoms with Crippen LogP contribution < -0.4 is 10.5 Å². The van der Waals surface area contributed by atoms with Gasteiger partial charge >= 0.3 is 0 Å². The van der Waals surface area contributed by atoms with Crippen LogP contribution in [0.2, 0.25) is 0 Å². The summed E-state index contributed by atoms with van der Waals surface area (Å²) in [6, 6.07) is 5.86. The molecule has 0 bridgehead atoms. The third-order valence-electron chi connectivity index (χ3n) is 3.00. The van der Waals surface area contributed by atoms with Crippen LogP contribution in [-0.2, 0) is 0 Å². The number of rotatable bonds is 5. The molecule has 0 aromatic heterocycles. The minimum Gasteiger partial charge on any atom is -0.486 e. The highest BCUT2D eigenvalue weighted by molar-refractivity contribution is 5.36. The molecule has 1 rings (SSSR count). The molecule has 2 unspecified atom stereocenters. The van der Waals surface area contributed by atoms with Crippen LogP contribution in [0.4, 0.5) is 0 Å². The fraction of sp³-hybridized carbons (Fsp3) is 0.571. The number of aryl methyl sites for hydroxylation is 2. The molecule has 0 saturated heterocycles. The second-order valence-electron chi connectivity index (χ2n) is 4.93. The van der Waals surface area contributed by atoms with Crippen LogP contribution in [0.3, 0.4) is 0 Å². The van der Waals surface area contributed by atoms with Gasteiger partial charge in [-0.15, -0.1) is 0 Å². The average Bonchev–Trinajstić information content (AvgIpc) is 2.29. The lowest BCUT2D eigenvalue weighted by Gasteiger charge is -2.26. The molecule has 0 aliphatic rings. The highest BCUT2D eigenvalue weighted by Crippen LogP contribution is 2.22. The highest BCUT2D eigenvalue weighted by atomic mass is 16.5. The minimum absolute atomic E-state index is 0.0628. The molecule has 1 aromatic carbocycles. The van der Waals surface area contributed by atoms with Crippen molar-refractivity contribution < 1.29 is 9.84 Å². The quantitative estimate of drug-likeness (QED) is 0.824. The van der Waals surface area contributed by atoms with E-state index in [1.807, 2.05) is 45.9 Å². The number of benzene rings is 1. The molecule has 96 valence electrons. The Bertz CT molecular complexity index is 363. The predicted molar refractivity (Wildman–Crippen MR) is 70.2 cm³/mol. The molecule has 1 aromatic rings. The van der Waals surface area contributed by atoms with Crippen LogP contribution in [0, 0.1) is 19.8 Å². The van der Waals surface area contributed by atoms with Crippen LogP contribution in [0.15, 0.2) is 18.2 Å². The van der Waals surface area contributed by atoms with E-state index in [0.717, 1.165) is 16.9 Å². The molecule has 17 heavy (non-hydrogen) atoms. The van der Waals surface area contributed by atoms with Gasteiger partial charge < -0.3 is 15.6 Å². The first-order valence-corrected chi connectivity index (χ1v) is 6.06. The summed E-state index contributed by atoms with van der Waals surface area (Å²) < 4.78 is 5.82. The fourth-order valence-electron chi connectivity index (χ4n) is 1.66. The van der Waals surface area contributed by atoms with E-state index in [4.69, 9.17) is 10.5 Å². The number of hydrogen-bond donors (Lipinski definition) is 2. The van der Waals surface area contributed by atoms with Crippen LogP contribution >= 0.6 is 0 Å².